The fourth-order valence-electron chi connectivity index (χ4n) is 2.70. The summed E-state index contributed by atoms with van der Waals surface area (Å²) in [5.41, 5.74) is 7.51. The molecule has 162 valence electrons. The third-order valence-electron chi connectivity index (χ3n) is 4.38. The van der Waals surface area contributed by atoms with E-state index in [9.17, 15) is 18.0 Å². The predicted molar refractivity (Wildman–Crippen MR) is 112 cm³/mol. The maximum absolute atomic E-state index is 12.5. The Kier molecular flexibility index (Phi) is 5.94. The number of nitrogens with one attached hydrogen (secondary N) is 3. The van der Waals surface area contributed by atoms with E-state index in [4.69, 9.17) is 22.7 Å². The van der Waals surface area contributed by atoms with Crippen LogP contribution in [-0.2, 0) is 4.79 Å². The van der Waals surface area contributed by atoms with Crippen molar-refractivity contribution in [3.8, 4) is 17.0 Å². The zero-order valence-electron chi connectivity index (χ0n) is 16.3. The summed E-state index contributed by atoms with van der Waals surface area (Å²) in [6.07, 6.45) is -3.45. The van der Waals surface area contributed by atoms with Crippen LogP contribution in [0, 0.1) is 5.41 Å². The molecule has 7 nitrogen and oxygen atoms in total. The quantitative estimate of drug-likeness (QED) is 0.409. The van der Waals surface area contributed by atoms with Gasteiger partial charge in [-0.05, 0) is 49.8 Å². The number of H-pyrrole nitrogens is 1. The summed E-state index contributed by atoms with van der Waals surface area (Å²) in [6, 6.07) is 6.80. The van der Waals surface area contributed by atoms with Gasteiger partial charge in [0.2, 0.25) is 0 Å². The Labute approximate surface area is 179 Å². The number of carbonyl (C=O) groups is 1. The number of carbonyl (C=O) groups excluding carboxylic acids is 1. The molecule has 0 radical (unpaired) electrons. The van der Waals surface area contributed by atoms with Crippen LogP contribution in [-0.4, -0.2) is 27.9 Å². The van der Waals surface area contributed by atoms with Crippen molar-refractivity contribution in [1.82, 2.24) is 9.97 Å². The molecular weight excluding hydrogens is 435 g/mol. The van der Waals surface area contributed by atoms with Crippen molar-refractivity contribution >= 4 is 39.9 Å². The molecule has 2 heterocycles. The minimum atomic E-state index is -4.83. The lowest BCUT2D eigenvalue weighted by Gasteiger charge is -2.10. The van der Waals surface area contributed by atoms with Crippen LogP contribution in [0.25, 0.3) is 22.3 Å². The fourth-order valence-corrected chi connectivity index (χ4v) is 2.92. The molecule has 0 saturated carbocycles. The van der Waals surface area contributed by atoms with Crippen molar-refractivity contribution in [2.45, 2.75) is 20.2 Å². The number of nitrogens with two attached hydrogens (primary N) is 1. The minimum Gasteiger partial charge on any atom is -0.406 e. The van der Waals surface area contributed by atoms with Gasteiger partial charge in [0.25, 0.3) is 5.91 Å². The number of allylic oxidation sites excluding steroid dienone is 1. The van der Waals surface area contributed by atoms with E-state index >= 15 is 0 Å². The number of benzene rings is 1. The average molecular weight is 452 g/mol. The van der Waals surface area contributed by atoms with Gasteiger partial charge in [0, 0.05) is 22.3 Å². The Bertz CT molecular complexity index is 1210. The second-order valence-electron chi connectivity index (χ2n) is 6.67. The highest BCUT2D eigenvalue weighted by Crippen LogP contribution is 2.34. The van der Waals surface area contributed by atoms with Crippen molar-refractivity contribution in [3.63, 3.8) is 0 Å². The Morgan fingerprint density at radius 1 is 1.26 bits per heavy atom. The Balaban J connectivity index is 1.90. The Morgan fingerprint density at radius 2 is 1.97 bits per heavy atom. The SMILES string of the molecule is C/C(N)=C(\C)C(=N)C(=O)Nc1cnc2[nH]c(-c3cc(OC(F)(F)F)ccc3Cl)cc2c1. The summed E-state index contributed by atoms with van der Waals surface area (Å²) in [7, 11) is 0. The van der Waals surface area contributed by atoms with Gasteiger partial charge >= 0.3 is 6.36 Å². The van der Waals surface area contributed by atoms with E-state index < -0.39 is 18.0 Å². The normalized spacial score (nSPS) is 12.5. The maximum atomic E-state index is 12.5. The summed E-state index contributed by atoms with van der Waals surface area (Å²) in [5, 5.41) is 11.2. The molecule has 3 aromatic rings. The maximum Gasteiger partial charge on any atom is 0.573 e. The molecule has 0 spiro atoms. The molecule has 1 amide bonds. The number of halogens is 4. The van der Waals surface area contributed by atoms with Crippen LogP contribution >= 0.6 is 11.6 Å². The number of pyridine rings is 1. The molecule has 0 bridgehead atoms. The largest absolute Gasteiger partial charge is 0.573 e. The highest BCUT2D eigenvalue weighted by Gasteiger charge is 2.31. The van der Waals surface area contributed by atoms with Gasteiger partial charge in [-0.25, -0.2) is 4.98 Å². The van der Waals surface area contributed by atoms with Gasteiger partial charge in [-0.3, -0.25) is 10.2 Å². The molecule has 31 heavy (non-hydrogen) atoms. The number of fused-ring (bicyclic) bond motifs is 1. The third kappa shape index (κ3) is 5.15. The number of nitrogens with zero attached hydrogens (tertiary/aromatic N) is 1. The molecule has 0 unspecified atom stereocenters. The van der Waals surface area contributed by atoms with Crippen molar-refractivity contribution < 1.29 is 22.7 Å². The number of amides is 1. The number of hydrogen-bond donors (Lipinski definition) is 4. The molecule has 3 rings (SSSR count). The summed E-state index contributed by atoms with van der Waals surface area (Å²) < 4.78 is 41.5. The number of alkyl halides is 3. The summed E-state index contributed by atoms with van der Waals surface area (Å²) in [4.78, 5) is 19.4. The van der Waals surface area contributed by atoms with E-state index in [1.165, 1.54) is 12.3 Å². The molecule has 0 atom stereocenters. The van der Waals surface area contributed by atoms with Gasteiger partial charge in [0.05, 0.1) is 16.9 Å². The average Bonchev–Trinajstić information content (AvgIpc) is 3.10. The van der Waals surface area contributed by atoms with Crippen molar-refractivity contribution in [2.75, 3.05) is 5.32 Å². The Hall–Kier alpha value is -3.53. The van der Waals surface area contributed by atoms with Crippen LogP contribution in [0.2, 0.25) is 5.02 Å². The first-order valence-corrected chi connectivity index (χ1v) is 9.20. The first-order chi connectivity index (χ1) is 14.4. The zero-order chi connectivity index (χ0) is 22.9. The number of aromatic amines is 1. The van der Waals surface area contributed by atoms with Crippen LogP contribution in [0.1, 0.15) is 13.8 Å². The molecule has 0 aliphatic carbocycles. The van der Waals surface area contributed by atoms with Gasteiger partial charge in [0.15, 0.2) is 0 Å². The second-order valence-corrected chi connectivity index (χ2v) is 7.08. The molecule has 0 saturated heterocycles. The lowest BCUT2D eigenvalue weighted by molar-refractivity contribution is -0.274. The first kappa shape index (κ1) is 22.2. The van der Waals surface area contributed by atoms with E-state index in [2.05, 4.69) is 20.0 Å². The van der Waals surface area contributed by atoms with Crippen LogP contribution in [0.15, 0.2) is 47.8 Å². The Morgan fingerprint density at radius 3 is 2.61 bits per heavy atom. The van der Waals surface area contributed by atoms with Crippen molar-refractivity contribution in [2.24, 2.45) is 5.73 Å². The lowest BCUT2D eigenvalue weighted by atomic mass is 10.1. The smallest absolute Gasteiger partial charge is 0.406 e. The predicted octanol–water partition coefficient (Wildman–Crippen LogP) is 4.99. The van der Waals surface area contributed by atoms with Crippen LogP contribution in [0.5, 0.6) is 5.75 Å². The monoisotopic (exact) mass is 451 g/mol. The van der Waals surface area contributed by atoms with E-state index in [0.29, 0.717) is 33.7 Å². The van der Waals surface area contributed by atoms with E-state index in [-0.39, 0.29) is 16.3 Å². The molecule has 0 fully saturated rings. The summed E-state index contributed by atoms with van der Waals surface area (Å²) in [5.74, 6) is -1.07. The van der Waals surface area contributed by atoms with Gasteiger partial charge < -0.3 is 20.8 Å². The third-order valence-corrected chi connectivity index (χ3v) is 4.71. The van der Waals surface area contributed by atoms with Crippen LogP contribution in [0.4, 0.5) is 18.9 Å². The van der Waals surface area contributed by atoms with E-state index in [0.717, 1.165) is 12.1 Å². The highest BCUT2D eigenvalue weighted by atomic mass is 35.5. The van der Waals surface area contributed by atoms with E-state index in [1.807, 2.05) is 0 Å². The van der Waals surface area contributed by atoms with Gasteiger partial charge in [-0.2, -0.15) is 0 Å². The number of ether oxygens (including phenoxy) is 1. The van der Waals surface area contributed by atoms with Crippen LogP contribution < -0.4 is 15.8 Å². The molecular formula is C20H17ClF3N5O2. The molecule has 2 aromatic heterocycles. The van der Waals surface area contributed by atoms with Crippen LogP contribution in [0.3, 0.4) is 0 Å². The highest BCUT2D eigenvalue weighted by molar-refractivity contribution is 6.47. The van der Waals surface area contributed by atoms with Gasteiger partial charge in [0.1, 0.15) is 17.1 Å². The number of aromatic nitrogens is 2. The number of anilines is 1. The minimum absolute atomic E-state index is 0.211. The summed E-state index contributed by atoms with van der Waals surface area (Å²) >= 11 is 6.15. The molecule has 0 aliphatic heterocycles. The van der Waals surface area contributed by atoms with Crippen molar-refractivity contribution in [3.05, 3.63) is 52.8 Å². The topological polar surface area (TPSA) is 117 Å². The van der Waals surface area contributed by atoms with Gasteiger partial charge in [-0.1, -0.05) is 11.6 Å². The molecule has 5 N–H and O–H groups in total. The first-order valence-electron chi connectivity index (χ1n) is 8.82. The second kappa shape index (κ2) is 8.31. The van der Waals surface area contributed by atoms with Crippen molar-refractivity contribution in [1.29, 1.82) is 5.41 Å². The van der Waals surface area contributed by atoms with Gasteiger partial charge in [-0.15, -0.1) is 13.2 Å². The molecule has 1 aromatic carbocycles. The zero-order valence-corrected chi connectivity index (χ0v) is 17.1. The molecule has 11 heteroatoms. The standard InChI is InChI=1S/C20H17ClF3N5O2/c1-9(10(2)25)17(26)19(30)28-12-5-11-6-16(29-18(11)27-8-12)14-7-13(3-4-15(14)21)31-20(22,23)24/h3-8,26H,25H2,1-2H3,(H,27,29)(H,28,30)/b10-9-,26-17?. The number of hydrogen-bond acceptors (Lipinski definition) is 5. The number of rotatable bonds is 5. The molecule has 0 aliphatic rings. The fraction of sp³-hybridized carbons (Fsp3) is 0.150. The lowest BCUT2D eigenvalue weighted by Crippen LogP contribution is -2.24. The summed E-state index contributed by atoms with van der Waals surface area (Å²) in [6.45, 7) is 3.16. The van der Waals surface area contributed by atoms with E-state index in [1.54, 1.807) is 26.0 Å².